The molecule has 2 aromatic carbocycles. The third-order valence-corrected chi connectivity index (χ3v) is 8.37. The van der Waals surface area contributed by atoms with Gasteiger partial charge in [0, 0.05) is 14.2 Å². The predicted octanol–water partition coefficient (Wildman–Crippen LogP) is -2.88. The van der Waals surface area contributed by atoms with Crippen LogP contribution in [-0.2, 0) is 18.9 Å². The summed E-state index contributed by atoms with van der Waals surface area (Å²) in [6.45, 7) is -1.84. The van der Waals surface area contributed by atoms with Gasteiger partial charge in [0.05, 0.1) is 30.3 Å². The van der Waals surface area contributed by atoms with Crippen LogP contribution < -0.4 is 0 Å². The molecule has 17 nitrogen and oxygen atoms in total. The first-order valence-corrected chi connectivity index (χ1v) is 14.1. The van der Waals surface area contributed by atoms with Gasteiger partial charge in [-0.2, -0.15) is 0 Å². The average Bonchev–Trinajstić information content (AvgIpc) is 3.03. The molecule has 2 aliphatic rings. The molecular weight excluding hydrogens is 620 g/mol. The van der Waals surface area contributed by atoms with E-state index in [1.54, 1.807) is 0 Å². The molecule has 2 saturated heterocycles. The summed E-state index contributed by atoms with van der Waals surface area (Å²) < 4.78 is 21.6. The molecular formula is C29H38O17. The third kappa shape index (κ3) is 6.13. The van der Waals surface area contributed by atoms with E-state index < -0.39 is 126 Å². The Morgan fingerprint density at radius 2 is 1.09 bits per heavy atom. The molecule has 17 heteroatoms. The Kier molecular flexibility index (Phi) is 11.1. The topological polar surface area (TPSA) is 297 Å². The number of rotatable bonds is 10. The summed E-state index contributed by atoms with van der Waals surface area (Å²) in [4.78, 5) is 14.4. The fourth-order valence-electron chi connectivity index (χ4n) is 5.84. The van der Waals surface area contributed by atoms with Crippen molar-refractivity contribution >= 4 is 5.78 Å². The molecule has 46 heavy (non-hydrogen) atoms. The van der Waals surface area contributed by atoms with Crippen LogP contribution in [0.25, 0.3) is 0 Å². The highest BCUT2D eigenvalue weighted by atomic mass is 16.7. The van der Waals surface area contributed by atoms with Gasteiger partial charge < -0.3 is 80.2 Å². The summed E-state index contributed by atoms with van der Waals surface area (Å²) >= 11 is 0. The van der Waals surface area contributed by atoms with E-state index in [0.717, 1.165) is 0 Å². The highest BCUT2D eigenvalue weighted by Crippen LogP contribution is 2.53. The molecule has 0 spiro atoms. The fourth-order valence-corrected chi connectivity index (χ4v) is 5.84. The maximum atomic E-state index is 14.4. The highest BCUT2D eigenvalue weighted by Gasteiger charge is 2.51. The van der Waals surface area contributed by atoms with E-state index in [1.165, 1.54) is 38.5 Å². The molecule has 0 aromatic heterocycles. The molecule has 2 aliphatic heterocycles. The van der Waals surface area contributed by atoms with Crippen LogP contribution in [0.3, 0.4) is 0 Å². The Labute approximate surface area is 261 Å². The van der Waals surface area contributed by atoms with Crippen LogP contribution in [0.2, 0.25) is 0 Å². The van der Waals surface area contributed by atoms with Crippen LogP contribution in [0.4, 0.5) is 0 Å². The fraction of sp³-hybridized carbons (Fsp3) is 0.552. The zero-order valence-electron chi connectivity index (χ0n) is 24.6. The van der Waals surface area contributed by atoms with Crippen molar-refractivity contribution < 1.29 is 85.0 Å². The maximum Gasteiger partial charge on any atom is 0.182 e. The van der Waals surface area contributed by atoms with Gasteiger partial charge in [0.15, 0.2) is 12.1 Å². The van der Waals surface area contributed by atoms with E-state index in [-0.39, 0.29) is 11.3 Å². The lowest BCUT2D eigenvalue weighted by Crippen LogP contribution is -2.55. The van der Waals surface area contributed by atoms with Gasteiger partial charge in [0.25, 0.3) is 0 Å². The van der Waals surface area contributed by atoms with Gasteiger partial charge in [-0.1, -0.05) is 12.1 Å². The van der Waals surface area contributed by atoms with Gasteiger partial charge in [-0.3, -0.25) is 4.79 Å². The number of hydrogen-bond acceptors (Lipinski definition) is 17. The number of phenols is 4. The molecule has 0 radical (unpaired) electrons. The number of carbonyl (C=O) groups excluding carboxylic acids is 1. The summed E-state index contributed by atoms with van der Waals surface area (Å²) in [7, 11) is 2.37. The zero-order chi connectivity index (χ0) is 34.2. The summed E-state index contributed by atoms with van der Waals surface area (Å²) in [5.74, 6) is -6.48. The van der Waals surface area contributed by atoms with Crippen molar-refractivity contribution in [1.82, 2.24) is 0 Å². The lowest BCUT2D eigenvalue weighted by molar-refractivity contribution is -0.234. The molecule has 0 saturated carbocycles. The SMILES string of the molecule is COC(OC)C(C(=O)c1c(O)c([C@@H]2O[C@H](CO)[C@@H](O)[C@H](O)[C@H]2O)c(O)c([C@@H]2O[C@H](CO)[C@@H](O)[C@H](O)[C@H]2O)c1O)c1ccc(O)cc1. The molecule has 256 valence electrons. The average molecular weight is 659 g/mol. The maximum absolute atomic E-state index is 14.4. The van der Waals surface area contributed by atoms with Crippen molar-refractivity contribution in [2.45, 2.75) is 73.2 Å². The van der Waals surface area contributed by atoms with Crippen molar-refractivity contribution in [3.8, 4) is 23.0 Å². The monoisotopic (exact) mass is 658 g/mol. The van der Waals surface area contributed by atoms with Crippen LogP contribution in [0.15, 0.2) is 24.3 Å². The van der Waals surface area contributed by atoms with Crippen LogP contribution in [0, 0.1) is 0 Å². The molecule has 2 aromatic rings. The van der Waals surface area contributed by atoms with Crippen molar-refractivity contribution in [3.63, 3.8) is 0 Å². The van der Waals surface area contributed by atoms with E-state index in [0.29, 0.717) is 0 Å². The quantitative estimate of drug-likeness (QED) is 0.0901. The van der Waals surface area contributed by atoms with Crippen molar-refractivity contribution in [2.24, 2.45) is 0 Å². The molecule has 12 N–H and O–H groups in total. The molecule has 0 amide bonds. The molecule has 11 atom stereocenters. The minimum atomic E-state index is -2.14. The normalized spacial score (nSPS) is 32.4. The van der Waals surface area contributed by atoms with E-state index in [2.05, 4.69) is 0 Å². The number of carbonyl (C=O) groups is 1. The Morgan fingerprint density at radius 3 is 1.46 bits per heavy atom. The number of phenolic OH excluding ortho intramolecular Hbond substituents is 4. The van der Waals surface area contributed by atoms with Crippen molar-refractivity contribution in [3.05, 3.63) is 46.5 Å². The number of aliphatic hydroxyl groups excluding tert-OH is 8. The second-order valence-corrected chi connectivity index (χ2v) is 11.0. The first kappa shape index (κ1) is 35.7. The molecule has 4 rings (SSSR count). The number of Topliss-reactive ketones (excluding diaryl/α,β-unsaturated/α-hetero) is 1. The Hall–Kier alpha value is -3.17. The minimum absolute atomic E-state index is 0.132. The summed E-state index contributed by atoms with van der Waals surface area (Å²) in [6.07, 6.45) is -20.6. The van der Waals surface area contributed by atoms with Gasteiger partial charge in [-0.05, 0) is 17.7 Å². The van der Waals surface area contributed by atoms with Gasteiger partial charge in [0.2, 0.25) is 0 Å². The standard InChI is InChI=1S/C29H38O17/c1-43-29(44-2)13(9-3-5-10(32)6-4-9)19(35)14-20(36)15(27-25(41)23(39)17(33)11(7-30)45-27)22(38)16(21(14)37)28-26(42)24(40)18(34)12(8-31)46-28/h3-6,11-13,17-18,23-34,36-42H,7-8H2,1-2H3/t11-,12-,13?,17-,18-,23+,24+,25-,26-,27+,28+/m1/s1. The smallest absolute Gasteiger partial charge is 0.182 e. The lowest BCUT2D eigenvalue weighted by Gasteiger charge is -2.42. The van der Waals surface area contributed by atoms with Gasteiger partial charge in [-0.25, -0.2) is 0 Å². The van der Waals surface area contributed by atoms with E-state index in [1.807, 2.05) is 0 Å². The Balaban J connectivity index is 2.03. The lowest BCUT2D eigenvalue weighted by atomic mass is 9.81. The van der Waals surface area contributed by atoms with Crippen molar-refractivity contribution in [1.29, 1.82) is 0 Å². The molecule has 2 heterocycles. The van der Waals surface area contributed by atoms with Gasteiger partial charge >= 0.3 is 0 Å². The number of hydrogen-bond donors (Lipinski definition) is 12. The molecule has 1 unspecified atom stereocenters. The third-order valence-electron chi connectivity index (χ3n) is 8.37. The first-order chi connectivity index (χ1) is 21.7. The molecule has 0 bridgehead atoms. The second-order valence-electron chi connectivity index (χ2n) is 11.0. The van der Waals surface area contributed by atoms with E-state index in [4.69, 9.17) is 18.9 Å². The minimum Gasteiger partial charge on any atom is -0.508 e. The zero-order valence-corrected chi connectivity index (χ0v) is 24.6. The highest BCUT2D eigenvalue weighted by molar-refractivity contribution is 6.07. The number of ketones is 1. The molecule has 0 aliphatic carbocycles. The van der Waals surface area contributed by atoms with Gasteiger partial charge in [-0.15, -0.1) is 0 Å². The van der Waals surface area contributed by atoms with Crippen LogP contribution in [0.1, 0.15) is 45.2 Å². The van der Waals surface area contributed by atoms with Crippen LogP contribution in [-0.4, -0.2) is 150 Å². The first-order valence-electron chi connectivity index (χ1n) is 14.1. The number of benzene rings is 2. The number of aliphatic hydroxyl groups is 8. The summed E-state index contributed by atoms with van der Waals surface area (Å²) in [6, 6.07) is 5.09. The predicted molar refractivity (Wildman–Crippen MR) is 150 cm³/mol. The number of aromatic hydroxyl groups is 4. The van der Waals surface area contributed by atoms with Crippen LogP contribution >= 0.6 is 0 Å². The largest absolute Gasteiger partial charge is 0.508 e. The number of ether oxygens (including phenoxy) is 4. The number of methoxy groups -OCH3 is 2. The van der Waals surface area contributed by atoms with E-state index >= 15 is 0 Å². The second kappa shape index (κ2) is 14.3. The Morgan fingerprint density at radius 1 is 0.674 bits per heavy atom. The van der Waals surface area contributed by atoms with Gasteiger partial charge in [0.1, 0.15) is 89.6 Å². The van der Waals surface area contributed by atoms with Crippen molar-refractivity contribution in [2.75, 3.05) is 27.4 Å². The van der Waals surface area contributed by atoms with Crippen LogP contribution in [0.5, 0.6) is 23.0 Å². The Bertz CT molecular complexity index is 1300. The summed E-state index contributed by atoms with van der Waals surface area (Å²) in [5, 5.41) is 127. The molecule has 2 fully saturated rings. The van der Waals surface area contributed by atoms with E-state index in [9.17, 15) is 66.1 Å². The summed E-state index contributed by atoms with van der Waals surface area (Å²) in [5.41, 5.74) is -2.61.